The molecule has 0 heterocycles. The minimum Gasteiger partial charge on any atom is -0.493 e. The Hall–Kier alpha value is -0.240. The number of ether oxygens (including phenoxy) is 1. The fourth-order valence-corrected chi connectivity index (χ4v) is 0.367. The molecule has 0 saturated carbocycles. The van der Waals surface area contributed by atoms with Gasteiger partial charge in [0.2, 0.25) is 0 Å². The molecule has 2 heteroatoms. The summed E-state index contributed by atoms with van der Waals surface area (Å²) in [6.45, 7) is 9.69. The summed E-state index contributed by atoms with van der Waals surface area (Å²) < 4.78 is 5.67. The molecule has 0 spiro atoms. The topological polar surface area (TPSA) is 9.23 Å². The summed E-state index contributed by atoms with van der Waals surface area (Å²) in [4.78, 5) is 0. The van der Waals surface area contributed by atoms with Crippen LogP contribution in [0, 0.1) is 0 Å². The lowest BCUT2D eigenvalue weighted by molar-refractivity contribution is 0.243. The van der Waals surface area contributed by atoms with Gasteiger partial charge in [-0.25, -0.2) is 0 Å². The van der Waals surface area contributed by atoms with E-state index in [1.54, 1.807) is 0 Å². The molecule has 0 unspecified atom stereocenters. The van der Waals surface area contributed by atoms with Crippen molar-refractivity contribution in [3.63, 3.8) is 0 Å². The molecule has 0 fully saturated rings. The molecule has 0 aliphatic carbocycles. The van der Waals surface area contributed by atoms with Crippen molar-refractivity contribution in [3.8, 4) is 0 Å². The molecule has 0 saturated heterocycles. The first-order valence-corrected chi connectivity index (χ1v) is 3.14. The summed E-state index contributed by atoms with van der Waals surface area (Å²) in [5.74, 6) is 0.604. The molecule has 0 aromatic rings. The van der Waals surface area contributed by atoms with Crippen LogP contribution in [0.1, 0.15) is 6.92 Å². The molecule has 0 radical (unpaired) electrons. The average Bonchev–Trinajstić information content (AvgIpc) is 1.67. The van der Waals surface area contributed by atoms with Gasteiger partial charge in [0.25, 0.3) is 0 Å². The minimum absolute atomic E-state index is 0.604. The maximum Gasteiger partial charge on any atom is 0.125 e. The monoisotopic (exact) mass is 176 g/mol. The maximum atomic E-state index is 4.96. The lowest BCUT2D eigenvalue weighted by Gasteiger charge is -2.01. The smallest absolute Gasteiger partial charge is 0.125 e. The van der Waals surface area contributed by atoms with Crippen molar-refractivity contribution in [2.45, 2.75) is 6.92 Å². The van der Waals surface area contributed by atoms with E-state index in [2.05, 4.69) is 29.1 Å². The highest BCUT2D eigenvalue weighted by Gasteiger charge is 1.91. The third-order valence-electron chi connectivity index (χ3n) is 0.621. The second kappa shape index (κ2) is 3.72. The van der Waals surface area contributed by atoms with Crippen LogP contribution >= 0.6 is 15.9 Å². The van der Waals surface area contributed by atoms with E-state index >= 15 is 0 Å². The van der Waals surface area contributed by atoms with Crippen molar-refractivity contribution in [3.05, 3.63) is 23.4 Å². The zero-order valence-corrected chi connectivity index (χ0v) is 6.49. The van der Waals surface area contributed by atoms with Gasteiger partial charge in [0.1, 0.15) is 5.76 Å². The van der Waals surface area contributed by atoms with Crippen molar-refractivity contribution < 1.29 is 4.74 Å². The molecule has 0 atom stereocenters. The summed E-state index contributed by atoms with van der Waals surface area (Å²) in [5, 5.41) is 0. The van der Waals surface area contributed by atoms with Gasteiger partial charge in [0.15, 0.2) is 0 Å². The van der Waals surface area contributed by atoms with Crippen molar-refractivity contribution in [2.75, 3.05) is 6.61 Å². The molecule has 0 amide bonds. The largest absolute Gasteiger partial charge is 0.493 e. The lowest BCUT2D eigenvalue weighted by Crippen LogP contribution is -1.87. The molecule has 46 valence electrons. The highest BCUT2D eigenvalue weighted by atomic mass is 79.9. The van der Waals surface area contributed by atoms with E-state index < -0.39 is 0 Å². The first-order chi connectivity index (χ1) is 3.68. The Morgan fingerprint density at radius 1 is 1.62 bits per heavy atom. The van der Waals surface area contributed by atoms with Crippen LogP contribution in [-0.4, -0.2) is 6.61 Å². The van der Waals surface area contributed by atoms with E-state index in [1.807, 2.05) is 6.92 Å². The Bertz CT molecular complexity index is 107. The van der Waals surface area contributed by atoms with Crippen LogP contribution in [0.4, 0.5) is 0 Å². The van der Waals surface area contributed by atoms with Gasteiger partial charge in [-0.1, -0.05) is 13.2 Å². The maximum absolute atomic E-state index is 4.96. The van der Waals surface area contributed by atoms with Crippen LogP contribution in [0.2, 0.25) is 0 Å². The van der Waals surface area contributed by atoms with Gasteiger partial charge < -0.3 is 4.74 Å². The van der Waals surface area contributed by atoms with Crippen molar-refractivity contribution >= 4 is 15.9 Å². The van der Waals surface area contributed by atoms with Crippen LogP contribution in [0.25, 0.3) is 0 Å². The molecular weight excluding hydrogens is 168 g/mol. The molecule has 0 aliphatic rings. The molecule has 0 N–H and O–H groups in total. The van der Waals surface area contributed by atoms with Crippen molar-refractivity contribution in [2.24, 2.45) is 0 Å². The highest BCUT2D eigenvalue weighted by Crippen LogP contribution is 2.12. The van der Waals surface area contributed by atoms with Gasteiger partial charge >= 0.3 is 0 Å². The van der Waals surface area contributed by atoms with E-state index in [9.17, 15) is 0 Å². The first kappa shape index (κ1) is 7.76. The quantitative estimate of drug-likeness (QED) is 0.475. The third-order valence-corrected chi connectivity index (χ3v) is 1.06. The molecule has 0 aromatic carbocycles. The highest BCUT2D eigenvalue weighted by molar-refractivity contribution is 9.11. The van der Waals surface area contributed by atoms with Gasteiger partial charge in [0.05, 0.1) is 11.1 Å². The second-order valence-corrected chi connectivity index (χ2v) is 2.22. The van der Waals surface area contributed by atoms with Gasteiger partial charge in [-0.15, -0.1) is 0 Å². The van der Waals surface area contributed by atoms with E-state index in [0.717, 1.165) is 0 Å². The third kappa shape index (κ3) is 2.86. The summed E-state index contributed by atoms with van der Waals surface area (Å²) >= 11 is 3.12. The van der Waals surface area contributed by atoms with Gasteiger partial charge in [-0.3, -0.25) is 0 Å². The summed E-state index contributed by atoms with van der Waals surface area (Å²) in [6.07, 6.45) is 0. The Morgan fingerprint density at radius 3 is 2.25 bits per heavy atom. The molecule has 0 bridgehead atoms. The number of hydrogen-bond donors (Lipinski definition) is 0. The van der Waals surface area contributed by atoms with Crippen LogP contribution in [0.15, 0.2) is 23.4 Å². The molecule has 0 aliphatic heterocycles. The summed E-state index contributed by atoms with van der Waals surface area (Å²) in [6, 6.07) is 0. The van der Waals surface area contributed by atoms with Crippen LogP contribution < -0.4 is 0 Å². The molecule has 0 aromatic heterocycles. The lowest BCUT2D eigenvalue weighted by atomic mass is 10.5. The summed E-state index contributed by atoms with van der Waals surface area (Å²) in [5.41, 5.74) is 0. The number of allylic oxidation sites excluding steroid dienone is 1. The van der Waals surface area contributed by atoms with Crippen LogP contribution in [0.5, 0.6) is 0 Å². The number of rotatable bonds is 3. The molecule has 1 nitrogen and oxygen atoms in total. The fourth-order valence-electron chi connectivity index (χ4n) is 0.253. The fraction of sp³-hybridized carbons (Fsp3) is 0.333. The SMILES string of the molecule is C=C(Br)C(=C)OCC. The normalized spacial score (nSPS) is 8.25. The van der Waals surface area contributed by atoms with Gasteiger partial charge in [0, 0.05) is 0 Å². The second-order valence-electron chi connectivity index (χ2n) is 1.26. The average molecular weight is 177 g/mol. The molecule has 8 heavy (non-hydrogen) atoms. The van der Waals surface area contributed by atoms with Gasteiger partial charge in [-0.2, -0.15) is 0 Å². The summed E-state index contributed by atoms with van der Waals surface area (Å²) in [7, 11) is 0. The predicted molar refractivity (Wildman–Crippen MR) is 38.8 cm³/mol. The first-order valence-electron chi connectivity index (χ1n) is 2.35. The Morgan fingerprint density at radius 2 is 2.12 bits per heavy atom. The Labute approximate surface area is 58.2 Å². The van der Waals surface area contributed by atoms with E-state index in [0.29, 0.717) is 16.8 Å². The zero-order chi connectivity index (χ0) is 6.57. The standard InChI is InChI=1S/C6H9BrO/c1-4-8-6(3)5(2)7/h2-4H2,1H3. The number of hydrogen-bond acceptors (Lipinski definition) is 1. The molecule has 0 rings (SSSR count). The van der Waals surface area contributed by atoms with Crippen molar-refractivity contribution in [1.29, 1.82) is 0 Å². The Kier molecular flexibility index (Phi) is 3.61. The Balaban J connectivity index is 3.49. The predicted octanol–water partition coefficient (Wildman–Crippen LogP) is 2.45. The zero-order valence-electron chi connectivity index (χ0n) is 4.91. The van der Waals surface area contributed by atoms with E-state index in [1.165, 1.54) is 0 Å². The van der Waals surface area contributed by atoms with Crippen molar-refractivity contribution in [1.82, 2.24) is 0 Å². The molecular formula is C6H9BrO. The van der Waals surface area contributed by atoms with Crippen LogP contribution in [-0.2, 0) is 4.74 Å². The van der Waals surface area contributed by atoms with E-state index in [4.69, 9.17) is 4.74 Å². The van der Waals surface area contributed by atoms with Gasteiger partial charge in [-0.05, 0) is 22.9 Å². The van der Waals surface area contributed by atoms with E-state index in [-0.39, 0.29) is 0 Å². The number of halogens is 1. The minimum atomic E-state index is 0.604. The van der Waals surface area contributed by atoms with Crippen LogP contribution in [0.3, 0.4) is 0 Å².